The van der Waals surface area contributed by atoms with Crippen molar-refractivity contribution in [2.75, 3.05) is 0 Å². The number of carbonyl (C=O) groups excluding carboxylic acids is 1. The Labute approximate surface area is 79.3 Å². The molecule has 0 aromatic heterocycles. The maximum atomic E-state index is 9.90. The van der Waals surface area contributed by atoms with Gasteiger partial charge in [-0.05, 0) is 26.7 Å². The van der Waals surface area contributed by atoms with Crippen LogP contribution in [0.3, 0.4) is 0 Å². The Morgan fingerprint density at radius 2 is 1.91 bits per heavy atom. The first-order valence-electron chi connectivity index (χ1n) is 3.79. The molecule has 0 aliphatic rings. The van der Waals surface area contributed by atoms with Crippen molar-refractivity contribution in [3.05, 3.63) is 0 Å². The summed E-state index contributed by atoms with van der Waals surface area (Å²) in [7, 11) is 0. The number of hydrogen-bond acceptors (Lipinski definition) is 2. The molecule has 68 valence electrons. The average molecular weight is 224 g/mol. The van der Waals surface area contributed by atoms with Crippen molar-refractivity contribution >= 4 is 23.3 Å². The average Bonchev–Trinajstić information content (AvgIpc) is 1.78. The van der Waals surface area contributed by atoms with Gasteiger partial charge in [0.2, 0.25) is 0 Å². The minimum Gasteiger partial charge on any atom is -0.326 e. The summed E-state index contributed by atoms with van der Waals surface area (Å²) in [6.45, 7) is 4.02. The molecule has 0 atom stereocenters. The molecule has 0 saturated heterocycles. The predicted molar refractivity (Wildman–Crippen MR) is 53.1 cm³/mol. The van der Waals surface area contributed by atoms with E-state index in [1.807, 2.05) is 13.8 Å². The van der Waals surface area contributed by atoms with Crippen molar-refractivity contribution in [2.45, 2.75) is 45.1 Å². The summed E-state index contributed by atoms with van der Waals surface area (Å²) in [6.07, 6.45) is 4.67. The van der Waals surface area contributed by atoms with Gasteiger partial charge in [-0.3, -0.25) is 0 Å². The minimum absolute atomic E-state index is 0. The maximum Gasteiger partial charge on any atom is 0.119 e. The smallest absolute Gasteiger partial charge is 0.119 e. The van der Waals surface area contributed by atoms with E-state index in [9.17, 15) is 4.79 Å². The van der Waals surface area contributed by atoms with Crippen molar-refractivity contribution in [1.29, 1.82) is 0 Å². The van der Waals surface area contributed by atoms with Gasteiger partial charge in [0.1, 0.15) is 6.29 Å². The third kappa shape index (κ3) is 13.2. The van der Waals surface area contributed by atoms with E-state index >= 15 is 0 Å². The van der Waals surface area contributed by atoms with E-state index in [4.69, 9.17) is 5.73 Å². The monoisotopic (exact) mass is 223 g/mol. The van der Waals surface area contributed by atoms with Crippen LogP contribution in [0.15, 0.2) is 0 Å². The normalized spacial score (nSPS) is 10.5. The fraction of sp³-hybridized carbons (Fsp3) is 0.875. The summed E-state index contributed by atoms with van der Waals surface area (Å²) in [5.74, 6) is 0. The highest BCUT2D eigenvalue weighted by molar-refractivity contribution is 8.93. The topological polar surface area (TPSA) is 43.1 Å². The molecule has 0 aliphatic carbocycles. The fourth-order valence-electron chi connectivity index (χ4n) is 0.808. The van der Waals surface area contributed by atoms with Gasteiger partial charge >= 0.3 is 0 Å². The summed E-state index contributed by atoms with van der Waals surface area (Å²) >= 11 is 0. The summed E-state index contributed by atoms with van der Waals surface area (Å²) < 4.78 is 0. The molecule has 3 heteroatoms. The van der Waals surface area contributed by atoms with E-state index in [1.165, 1.54) is 0 Å². The van der Waals surface area contributed by atoms with Gasteiger partial charge in [-0.1, -0.05) is 6.42 Å². The molecule has 0 heterocycles. The number of rotatable bonds is 5. The fourth-order valence-corrected chi connectivity index (χ4v) is 0.808. The largest absolute Gasteiger partial charge is 0.326 e. The molecule has 0 spiro atoms. The lowest BCUT2D eigenvalue weighted by molar-refractivity contribution is -0.107. The number of aldehydes is 1. The zero-order chi connectivity index (χ0) is 8.04. The Bertz CT molecular complexity index is 98.8. The molecule has 0 unspecified atom stereocenters. The molecule has 0 amide bonds. The Morgan fingerprint density at radius 1 is 1.36 bits per heavy atom. The van der Waals surface area contributed by atoms with Gasteiger partial charge in [-0.15, -0.1) is 17.0 Å². The van der Waals surface area contributed by atoms with E-state index in [1.54, 1.807) is 0 Å². The van der Waals surface area contributed by atoms with Crippen LogP contribution in [-0.2, 0) is 4.79 Å². The van der Waals surface area contributed by atoms with Crippen LogP contribution in [0.4, 0.5) is 0 Å². The molecule has 0 radical (unpaired) electrons. The second-order valence-electron chi connectivity index (χ2n) is 3.40. The Kier molecular flexibility index (Phi) is 8.46. The van der Waals surface area contributed by atoms with E-state index in [-0.39, 0.29) is 22.5 Å². The molecule has 0 aliphatic heterocycles. The Hall–Kier alpha value is 0.110. The predicted octanol–water partition coefficient (Wildman–Crippen LogP) is 2.06. The summed E-state index contributed by atoms with van der Waals surface area (Å²) in [4.78, 5) is 9.90. The SMILES string of the molecule is Br.CC(C)(N)CCCCC=O. The van der Waals surface area contributed by atoms with Crippen LogP contribution in [0, 0.1) is 0 Å². The lowest BCUT2D eigenvalue weighted by Crippen LogP contribution is -2.31. The van der Waals surface area contributed by atoms with Gasteiger partial charge in [0.15, 0.2) is 0 Å². The maximum absolute atomic E-state index is 9.90. The van der Waals surface area contributed by atoms with Crippen molar-refractivity contribution in [3.8, 4) is 0 Å². The molecule has 0 saturated carbocycles. The van der Waals surface area contributed by atoms with Crippen LogP contribution in [0.1, 0.15) is 39.5 Å². The summed E-state index contributed by atoms with van der Waals surface area (Å²) in [5, 5.41) is 0. The van der Waals surface area contributed by atoms with Gasteiger partial charge in [-0.25, -0.2) is 0 Å². The number of halogens is 1. The minimum atomic E-state index is -0.0666. The van der Waals surface area contributed by atoms with Crippen LogP contribution in [0.2, 0.25) is 0 Å². The summed E-state index contributed by atoms with van der Waals surface area (Å²) in [6, 6.07) is 0. The van der Waals surface area contributed by atoms with Crippen molar-refractivity contribution in [1.82, 2.24) is 0 Å². The molecule has 0 fully saturated rings. The molecule has 11 heavy (non-hydrogen) atoms. The molecule has 0 aromatic carbocycles. The number of unbranched alkanes of at least 4 members (excludes halogenated alkanes) is 2. The van der Waals surface area contributed by atoms with Crippen LogP contribution >= 0.6 is 17.0 Å². The highest BCUT2D eigenvalue weighted by atomic mass is 79.9. The van der Waals surface area contributed by atoms with Gasteiger partial charge in [0.05, 0.1) is 0 Å². The molecule has 2 N–H and O–H groups in total. The zero-order valence-electron chi connectivity index (χ0n) is 7.30. The third-order valence-electron chi connectivity index (χ3n) is 1.39. The standard InChI is InChI=1S/C8H17NO.BrH/c1-8(2,9)6-4-3-5-7-10;/h7H,3-6,9H2,1-2H3;1H. The zero-order valence-corrected chi connectivity index (χ0v) is 9.01. The highest BCUT2D eigenvalue weighted by Crippen LogP contribution is 2.09. The van der Waals surface area contributed by atoms with Crippen LogP contribution in [0.5, 0.6) is 0 Å². The molecular formula is C8H18BrNO. The number of carbonyl (C=O) groups is 1. The third-order valence-corrected chi connectivity index (χ3v) is 1.39. The molecule has 2 nitrogen and oxygen atoms in total. The highest BCUT2D eigenvalue weighted by Gasteiger charge is 2.08. The molecule has 0 rings (SSSR count). The molecule has 0 aromatic rings. The summed E-state index contributed by atoms with van der Waals surface area (Å²) in [5.41, 5.74) is 5.66. The quantitative estimate of drug-likeness (QED) is 0.573. The van der Waals surface area contributed by atoms with E-state index < -0.39 is 0 Å². The number of nitrogens with two attached hydrogens (primary N) is 1. The van der Waals surface area contributed by atoms with Crippen LogP contribution < -0.4 is 5.73 Å². The number of hydrogen-bond donors (Lipinski definition) is 1. The first-order chi connectivity index (χ1) is 4.56. The second-order valence-corrected chi connectivity index (χ2v) is 3.40. The van der Waals surface area contributed by atoms with Crippen LogP contribution in [-0.4, -0.2) is 11.8 Å². The molecular weight excluding hydrogens is 206 g/mol. The van der Waals surface area contributed by atoms with Gasteiger partial charge < -0.3 is 10.5 Å². The van der Waals surface area contributed by atoms with Crippen molar-refractivity contribution in [3.63, 3.8) is 0 Å². The van der Waals surface area contributed by atoms with Crippen LogP contribution in [0.25, 0.3) is 0 Å². The van der Waals surface area contributed by atoms with Crippen molar-refractivity contribution in [2.24, 2.45) is 5.73 Å². The Balaban J connectivity index is 0. The second kappa shape index (κ2) is 6.80. The van der Waals surface area contributed by atoms with E-state index in [0.29, 0.717) is 6.42 Å². The first kappa shape index (κ1) is 13.7. The first-order valence-corrected chi connectivity index (χ1v) is 3.79. The van der Waals surface area contributed by atoms with E-state index in [0.717, 1.165) is 25.5 Å². The van der Waals surface area contributed by atoms with Crippen molar-refractivity contribution < 1.29 is 4.79 Å². The van der Waals surface area contributed by atoms with Gasteiger partial charge in [0, 0.05) is 12.0 Å². The lowest BCUT2D eigenvalue weighted by atomic mass is 9.98. The van der Waals surface area contributed by atoms with Gasteiger partial charge in [0.25, 0.3) is 0 Å². The lowest BCUT2D eigenvalue weighted by Gasteiger charge is -2.17. The molecule has 0 bridgehead atoms. The van der Waals surface area contributed by atoms with Gasteiger partial charge in [-0.2, -0.15) is 0 Å². The van der Waals surface area contributed by atoms with E-state index in [2.05, 4.69) is 0 Å². The Morgan fingerprint density at radius 3 is 2.27 bits per heavy atom.